The van der Waals surface area contributed by atoms with Crippen molar-refractivity contribution in [2.45, 2.75) is 0 Å². The highest BCUT2D eigenvalue weighted by Gasteiger charge is 2.19. The van der Waals surface area contributed by atoms with Crippen LogP contribution >= 0.6 is 0 Å². The summed E-state index contributed by atoms with van der Waals surface area (Å²) in [5.74, 6) is 1.75. The predicted octanol–water partition coefficient (Wildman–Crippen LogP) is 15.2. The van der Waals surface area contributed by atoms with Gasteiger partial charge in [0.05, 0.1) is 5.56 Å². The van der Waals surface area contributed by atoms with Crippen molar-refractivity contribution in [3.63, 3.8) is 0 Å². The monoisotopic (exact) mass is 777 g/mol. The van der Waals surface area contributed by atoms with Crippen LogP contribution in [-0.4, -0.2) is 15.0 Å². The number of hydrogen-bond donors (Lipinski definition) is 0. The van der Waals surface area contributed by atoms with Crippen LogP contribution in [0.1, 0.15) is 0 Å². The minimum Gasteiger partial charge on any atom is -0.455 e. The van der Waals surface area contributed by atoms with Gasteiger partial charge in [-0.2, -0.15) is 0 Å². The molecule has 10 aromatic carbocycles. The van der Waals surface area contributed by atoms with Crippen LogP contribution in [-0.2, 0) is 0 Å². The Kier molecular flexibility index (Phi) is 8.13. The molecule has 0 saturated carbocycles. The van der Waals surface area contributed by atoms with Crippen molar-refractivity contribution in [1.29, 1.82) is 0 Å². The predicted molar refractivity (Wildman–Crippen MR) is 252 cm³/mol. The lowest BCUT2D eigenvalue weighted by Crippen LogP contribution is -2.01. The van der Waals surface area contributed by atoms with Crippen LogP contribution in [0.3, 0.4) is 0 Å². The third-order valence-corrected chi connectivity index (χ3v) is 11.9. The number of fused-ring (bicyclic) bond motifs is 6. The van der Waals surface area contributed by atoms with Crippen LogP contribution in [0.4, 0.5) is 0 Å². The molecule has 0 radical (unpaired) electrons. The number of hydrogen-bond acceptors (Lipinski definition) is 4. The van der Waals surface area contributed by atoms with Crippen molar-refractivity contribution in [2.75, 3.05) is 0 Å². The summed E-state index contributed by atoms with van der Waals surface area (Å²) in [7, 11) is 0. The normalized spacial score (nSPS) is 11.6. The minimum absolute atomic E-state index is 0.556. The summed E-state index contributed by atoms with van der Waals surface area (Å²) in [4.78, 5) is 15.7. The quantitative estimate of drug-likeness (QED) is 0.169. The second-order valence-electron chi connectivity index (χ2n) is 15.6. The Morgan fingerprint density at radius 1 is 0.262 bits per heavy atom. The zero-order valence-electron chi connectivity index (χ0n) is 33.0. The summed E-state index contributed by atoms with van der Waals surface area (Å²) in [6.07, 6.45) is 0. The molecule has 2 heterocycles. The fraction of sp³-hybridized carbons (Fsp3) is 0. The van der Waals surface area contributed by atoms with Gasteiger partial charge in [-0.3, -0.25) is 0 Å². The molecule has 61 heavy (non-hydrogen) atoms. The van der Waals surface area contributed by atoms with Crippen molar-refractivity contribution in [1.82, 2.24) is 15.0 Å². The fourth-order valence-corrected chi connectivity index (χ4v) is 8.73. The first kappa shape index (κ1) is 34.8. The minimum atomic E-state index is 0.556. The van der Waals surface area contributed by atoms with Crippen molar-refractivity contribution < 1.29 is 4.42 Å². The molecule has 0 amide bonds. The van der Waals surface area contributed by atoms with E-state index in [1.165, 1.54) is 32.7 Å². The van der Waals surface area contributed by atoms with E-state index in [9.17, 15) is 0 Å². The molecular formula is C57H35N3O. The number of rotatable bonds is 6. The summed E-state index contributed by atoms with van der Waals surface area (Å²) in [6.45, 7) is 0. The highest BCUT2D eigenvalue weighted by atomic mass is 16.3. The Bertz CT molecular complexity index is 3650. The first-order chi connectivity index (χ1) is 30.2. The fourth-order valence-electron chi connectivity index (χ4n) is 8.73. The molecule has 0 unspecified atom stereocenters. The number of benzene rings is 10. The largest absolute Gasteiger partial charge is 0.455 e. The molecule has 284 valence electrons. The van der Waals surface area contributed by atoms with E-state index in [1.807, 2.05) is 24.3 Å². The van der Waals surface area contributed by atoms with Gasteiger partial charge in [0.15, 0.2) is 17.5 Å². The first-order valence-corrected chi connectivity index (χ1v) is 20.6. The van der Waals surface area contributed by atoms with E-state index in [-0.39, 0.29) is 0 Å². The van der Waals surface area contributed by atoms with Gasteiger partial charge in [0, 0.05) is 21.9 Å². The Hall–Kier alpha value is -8.21. The molecule has 0 aliphatic heterocycles. The van der Waals surface area contributed by atoms with Crippen LogP contribution in [0.25, 0.3) is 122 Å². The van der Waals surface area contributed by atoms with E-state index in [0.717, 1.165) is 71.7 Å². The Labute approximate surface area is 352 Å². The lowest BCUT2D eigenvalue weighted by molar-refractivity contribution is 0.669. The van der Waals surface area contributed by atoms with Gasteiger partial charge >= 0.3 is 0 Å². The highest BCUT2D eigenvalue weighted by molar-refractivity contribution is 6.09. The Balaban J connectivity index is 1.00. The van der Waals surface area contributed by atoms with E-state index >= 15 is 0 Å². The van der Waals surface area contributed by atoms with Gasteiger partial charge in [-0.25, -0.2) is 15.0 Å². The van der Waals surface area contributed by atoms with Crippen LogP contribution in [0.15, 0.2) is 217 Å². The molecule has 0 saturated heterocycles. The molecule has 12 rings (SSSR count). The van der Waals surface area contributed by atoms with E-state index in [1.54, 1.807) is 0 Å². The average molecular weight is 778 g/mol. The Morgan fingerprint density at radius 3 is 1.54 bits per heavy atom. The summed E-state index contributed by atoms with van der Waals surface area (Å²) < 4.78 is 6.52. The van der Waals surface area contributed by atoms with Crippen molar-refractivity contribution >= 4 is 54.3 Å². The van der Waals surface area contributed by atoms with Crippen molar-refractivity contribution in [3.8, 4) is 67.5 Å². The third kappa shape index (κ3) is 6.21. The van der Waals surface area contributed by atoms with Gasteiger partial charge < -0.3 is 4.42 Å². The maximum Gasteiger partial charge on any atom is 0.167 e. The molecule has 0 spiro atoms. The average Bonchev–Trinajstić information content (AvgIpc) is 3.72. The molecule has 2 aromatic heterocycles. The lowest BCUT2D eigenvalue weighted by Gasteiger charge is -2.12. The van der Waals surface area contributed by atoms with E-state index in [4.69, 9.17) is 19.4 Å². The molecule has 0 atom stereocenters. The van der Waals surface area contributed by atoms with E-state index in [2.05, 4.69) is 188 Å². The maximum absolute atomic E-state index is 6.52. The van der Waals surface area contributed by atoms with Crippen LogP contribution in [0, 0.1) is 0 Å². The highest BCUT2D eigenvalue weighted by Crippen LogP contribution is 2.38. The summed E-state index contributed by atoms with van der Waals surface area (Å²) in [5.41, 5.74) is 11.2. The second kappa shape index (κ2) is 14.3. The molecule has 0 bridgehead atoms. The van der Waals surface area contributed by atoms with Crippen LogP contribution in [0.2, 0.25) is 0 Å². The van der Waals surface area contributed by atoms with Gasteiger partial charge in [0.25, 0.3) is 0 Å². The standard InChI is InChI=1S/C57H35N3O/c1-2-10-36(11-3-1)44-29-23-39-24-30-45(34-47(39)33-44)46-31-25-40-14-8-17-50(52(40)35-46)56-58-55(41-26-20-38(21-27-41)43-28-22-37-12-4-5-13-42(37)32-43)59-57(60-56)51-18-9-16-49-48-15-6-7-19-53(48)61-54(49)51/h1-35H. The smallest absolute Gasteiger partial charge is 0.167 e. The molecule has 4 nitrogen and oxygen atoms in total. The molecule has 0 N–H and O–H groups in total. The van der Waals surface area contributed by atoms with Crippen LogP contribution < -0.4 is 0 Å². The van der Waals surface area contributed by atoms with E-state index in [0.29, 0.717) is 17.5 Å². The second-order valence-corrected chi connectivity index (χ2v) is 15.6. The Morgan fingerprint density at radius 2 is 0.754 bits per heavy atom. The number of furan rings is 1. The topological polar surface area (TPSA) is 51.8 Å². The van der Waals surface area contributed by atoms with Crippen molar-refractivity contribution in [3.05, 3.63) is 212 Å². The first-order valence-electron chi connectivity index (χ1n) is 20.6. The molecular weight excluding hydrogens is 743 g/mol. The van der Waals surface area contributed by atoms with Gasteiger partial charge in [0.1, 0.15) is 11.2 Å². The zero-order chi connectivity index (χ0) is 40.3. The molecule has 0 aliphatic carbocycles. The number of nitrogens with zero attached hydrogens (tertiary/aromatic N) is 3. The van der Waals surface area contributed by atoms with Crippen LogP contribution in [0.5, 0.6) is 0 Å². The zero-order valence-corrected chi connectivity index (χ0v) is 33.0. The summed E-state index contributed by atoms with van der Waals surface area (Å²) in [6, 6.07) is 74.9. The van der Waals surface area contributed by atoms with Crippen molar-refractivity contribution in [2.24, 2.45) is 0 Å². The molecule has 4 heteroatoms. The van der Waals surface area contributed by atoms with Gasteiger partial charge in [-0.1, -0.05) is 176 Å². The molecule has 12 aromatic rings. The molecule has 0 fully saturated rings. The third-order valence-electron chi connectivity index (χ3n) is 11.9. The number of aromatic nitrogens is 3. The SMILES string of the molecule is c1ccc(-c2ccc3ccc(-c4ccc5cccc(-c6nc(-c7ccc(-c8ccc9ccccc9c8)cc7)nc(-c7cccc8c7oc7ccccc78)n6)c5c4)cc3c2)cc1. The lowest BCUT2D eigenvalue weighted by atomic mass is 9.95. The number of para-hydroxylation sites is 2. The van der Waals surface area contributed by atoms with Gasteiger partial charge in [-0.15, -0.1) is 0 Å². The summed E-state index contributed by atoms with van der Waals surface area (Å²) >= 11 is 0. The molecule has 0 aliphatic rings. The maximum atomic E-state index is 6.52. The van der Waals surface area contributed by atoms with Gasteiger partial charge in [-0.05, 0) is 102 Å². The summed E-state index contributed by atoms with van der Waals surface area (Å²) in [5, 5.41) is 9.10. The van der Waals surface area contributed by atoms with Gasteiger partial charge in [0.2, 0.25) is 0 Å². The van der Waals surface area contributed by atoms with E-state index < -0.39 is 0 Å².